The highest BCUT2D eigenvalue weighted by molar-refractivity contribution is 7.89. The molecule has 4 rings (SSSR count). The van der Waals surface area contributed by atoms with Gasteiger partial charge in [-0.3, -0.25) is 0 Å². The van der Waals surface area contributed by atoms with E-state index in [-0.39, 0.29) is 36.0 Å². The Hall–Kier alpha value is -4.08. The van der Waals surface area contributed by atoms with Gasteiger partial charge in [0.2, 0.25) is 10.0 Å². The van der Waals surface area contributed by atoms with Gasteiger partial charge in [0.05, 0.1) is 17.6 Å². The van der Waals surface area contributed by atoms with Crippen LogP contribution in [0.15, 0.2) is 95.9 Å². The molecule has 0 aliphatic rings. The second-order valence-electron chi connectivity index (χ2n) is 9.24. The monoisotopic (exact) mass is 565 g/mol. The van der Waals surface area contributed by atoms with E-state index in [1.54, 1.807) is 49.4 Å². The fraction of sp³-hybridized carbons (Fsp3) is 0.194. The van der Waals surface area contributed by atoms with E-state index in [2.05, 4.69) is 0 Å². The topological polar surface area (TPSA) is 72.9 Å². The average Bonchev–Trinajstić information content (AvgIpc) is 2.96. The van der Waals surface area contributed by atoms with Crippen LogP contribution < -0.4 is 4.74 Å². The maximum Gasteiger partial charge on any atom is 0.338 e. The molecular weight excluding hydrogens is 536 g/mol. The molecule has 0 N–H and O–H groups in total. The predicted octanol–water partition coefficient (Wildman–Crippen LogP) is 6.07. The normalized spacial score (nSPS) is 11.4. The maximum absolute atomic E-state index is 13.8. The van der Waals surface area contributed by atoms with E-state index in [0.29, 0.717) is 23.3 Å². The van der Waals surface area contributed by atoms with Crippen molar-refractivity contribution >= 4 is 16.0 Å². The van der Waals surface area contributed by atoms with Crippen LogP contribution in [0.4, 0.5) is 8.78 Å². The number of aryl methyl sites for hydroxylation is 1. The van der Waals surface area contributed by atoms with Crippen LogP contribution in [0, 0.1) is 18.6 Å². The summed E-state index contributed by atoms with van der Waals surface area (Å²) in [6.45, 7) is 2.14. The number of esters is 1. The van der Waals surface area contributed by atoms with E-state index in [4.69, 9.17) is 9.47 Å². The Kier molecular flexibility index (Phi) is 9.29. The summed E-state index contributed by atoms with van der Waals surface area (Å²) in [4.78, 5) is 12.2. The number of carbonyl (C=O) groups excluding carboxylic acids is 1. The van der Waals surface area contributed by atoms with E-state index >= 15 is 0 Å². The Morgan fingerprint density at radius 3 is 1.98 bits per heavy atom. The number of rotatable bonds is 11. The van der Waals surface area contributed by atoms with Crippen molar-refractivity contribution in [3.8, 4) is 5.75 Å². The molecule has 6 nitrogen and oxygen atoms in total. The number of hydrogen-bond acceptors (Lipinski definition) is 5. The van der Waals surface area contributed by atoms with E-state index in [9.17, 15) is 22.0 Å². The van der Waals surface area contributed by atoms with Crippen molar-refractivity contribution < 1.29 is 31.5 Å². The summed E-state index contributed by atoms with van der Waals surface area (Å²) in [5.41, 5.74) is 3.10. The SMILES string of the molecule is COC(=O)c1cc(S(=O)(=O)N(CCc2ccc(OCc3ccc(F)cc3)cc2)Cc2ccc(F)cc2)ccc1C. The van der Waals surface area contributed by atoms with Crippen LogP contribution in [0.5, 0.6) is 5.75 Å². The predicted molar refractivity (Wildman–Crippen MR) is 147 cm³/mol. The van der Waals surface area contributed by atoms with Crippen molar-refractivity contribution in [2.45, 2.75) is 31.4 Å². The number of nitrogens with zero attached hydrogens (tertiary/aromatic N) is 1. The van der Waals surface area contributed by atoms with Crippen molar-refractivity contribution in [3.63, 3.8) is 0 Å². The van der Waals surface area contributed by atoms with Crippen LogP contribution in [0.1, 0.15) is 32.6 Å². The molecule has 4 aromatic rings. The first-order valence-corrected chi connectivity index (χ1v) is 14.0. The van der Waals surface area contributed by atoms with Crippen molar-refractivity contribution in [2.75, 3.05) is 13.7 Å². The van der Waals surface area contributed by atoms with Crippen molar-refractivity contribution in [1.29, 1.82) is 0 Å². The lowest BCUT2D eigenvalue weighted by Gasteiger charge is -2.23. The Balaban J connectivity index is 1.51. The molecule has 0 saturated heterocycles. The molecule has 9 heteroatoms. The molecule has 0 spiro atoms. The van der Waals surface area contributed by atoms with Crippen molar-refractivity contribution in [3.05, 3.63) is 130 Å². The first-order valence-electron chi connectivity index (χ1n) is 12.6. The summed E-state index contributed by atoms with van der Waals surface area (Å²) in [5.74, 6) is -0.726. The second-order valence-corrected chi connectivity index (χ2v) is 11.2. The summed E-state index contributed by atoms with van der Waals surface area (Å²) in [6, 6.07) is 23.3. The van der Waals surface area contributed by atoms with E-state index in [0.717, 1.165) is 11.1 Å². The average molecular weight is 566 g/mol. The maximum atomic E-state index is 13.8. The van der Waals surface area contributed by atoms with Crippen LogP contribution in [0.2, 0.25) is 0 Å². The molecule has 0 aromatic heterocycles. The van der Waals surface area contributed by atoms with Gasteiger partial charge < -0.3 is 9.47 Å². The van der Waals surface area contributed by atoms with Crippen LogP contribution in [-0.4, -0.2) is 32.3 Å². The van der Waals surface area contributed by atoms with Crippen LogP contribution in [0.25, 0.3) is 0 Å². The number of benzene rings is 4. The largest absolute Gasteiger partial charge is 0.489 e. The zero-order valence-electron chi connectivity index (χ0n) is 22.1. The minimum absolute atomic E-state index is 0.0168. The Bertz CT molecular complexity index is 1560. The highest BCUT2D eigenvalue weighted by Crippen LogP contribution is 2.23. The van der Waals surface area contributed by atoms with Gasteiger partial charge in [-0.1, -0.05) is 42.5 Å². The zero-order valence-corrected chi connectivity index (χ0v) is 23.0. The van der Waals surface area contributed by atoms with E-state index in [1.807, 2.05) is 12.1 Å². The summed E-state index contributed by atoms with van der Waals surface area (Å²) in [6.07, 6.45) is 0.397. The summed E-state index contributed by atoms with van der Waals surface area (Å²) in [7, 11) is -2.79. The summed E-state index contributed by atoms with van der Waals surface area (Å²) >= 11 is 0. The molecule has 0 aliphatic carbocycles. The summed E-state index contributed by atoms with van der Waals surface area (Å²) in [5, 5.41) is 0. The lowest BCUT2D eigenvalue weighted by atomic mass is 10.1. The molecular formula is C31H29F2NO5S. The molecule has 4 aromatic carbocycles. The van der Waals surface area contributed by atoms with E-state index < -0.39 is 21.8 Å². The molecule has 208 valence electrons. The standard InChI is InChI=1S/C31H29F2NO5S/c1-22-3-16-29(19-30(22)31(35)38-2)40(36,37)34(20-24-4-10-26(32)11-5-24)18-17-23-8-14-28(15-9-23)39-21-25-6-12-27(33)13-7-25/h3-16,19H,17-18,20-21H2,1-2H3. The van der Waals surface area contributed by atoms with Gasteiger partial charge in [-0.25, -0.2) is 22.0 Å². The first-order chi connectivity index (χ1) is 19.2. The Labute approximate surface area is 232 Å². The Morgan fingerprint density at radius 2 is 1.38 bits per heavy atom. The number of methoxy groups -OCH3 is 1. The fourth-order valence-corrected chi connectivity index (χ4v) is 5.53. The molecule has 0 amide bonds. The Morgan fingerprint density at radius 1 is 0.800 bits per heavy atom. The quantitative estimate of drug-likeness (QED) is 0.206. The molecule has 0 atom stereocenters. The number of hydrogen-bond donors (Lipinski definition) is 0. The lowest BCUT2D eigenvalue weighted by Crippen LogP contribution is -2.32. The highest BCUT2D eigenvalue weighted by atomic mass is 32.2. The van der Waals surface area contributed by atoms with Gasteiger partial charge in [-0.15, -0.1) is 0 Å². The molecule has 0 bridgehead atoms. The van der Waals surface area contributed by atoms with Crippen molar-refractivity contribution in [2.24, 2.45) is 0 Å². The smallest absolute Gasteiger partial charge is 0.338 e. The molecule has 40 heavy (non-hydrogen) atoms. The first kappa shape index (κ1) is 28.9. The molecule has 0 fully saturated rings. The highest BCUT2D eigenvalue weighted by Gasteiger charge is 2.26. The van der Waals surface area contributed by atoms with Gasteiger partial charge >= 0.3 is 5.97 Å². The molecule has 0 radical (unpaired) electrons. The molecule has 0 unspecified atom stereocenters. The van der Waals surface area contributed by atoms with Crippen LogP contribution in [-0.2, 0) is 34.3 Å². The second kappa shape index (κ2) is 12.8. The molecule has 0 saturated carbocycles. The zero-order chi connectivity index (χ0) is 28.7. The third-order valence-electron chi connectivity index (χ3n) is 6.42. The van der Waals surface area contributed by atoms with Crippen LogP contribution >= 0.6 is 0 Å². The number of carbonyl (C=O) groups is 1. The minimum atomic E-state index is -4.03. The van der Waals surface area contributed by atoms with Gasteiger partial charge in [-0.05, 0) is 84.1 Å². The van der Waals surface area contributed by atoms with Gasteiger partial charge in [0.25, 0.3) is 0 Å². The van der Waals surface area contributed by atoms with Gasteiger partial charge in [0.15, 0.2) is 0 Å². The molecule has 0 heterocycles. The number of sulfonamides is 1. The lowest BCUT2D eigenvalue weighted by molar-refractivity contribution is 0.0599. The number of halogens is 2. The molecule has 0 aliphatic heterocycles. The van der Waals surface area contributed by atoms with Crippen LogP contribution in [0.3, 0.4) is 0 Å². The minimum Gasteiger partial charge on any atom is -0.489 e. The number of ether oxygens (including phenoxy) is 2. The van der Waals surface area contributed by atoms with Gasteiger partial charge in [0.1, 0.15) is 24.0 Å². The van der Waals surface area contributed by atoms with E-state index in [1.165, 1.54) is 47.8 Å². The third kappa shape index (κ3) is 7.31. The van der Waals surface area contributed by atoms with Gasteiger partial charge in [-0.2, -0.15) is 4.31 Å². The summed E-state index contributed by atoms with van der Waals surface area (Å²) < 4.78 is 66.0. The van der Waals surface area contributed by atoms with Crippen molar-refractivity contribution in [1.82, 2.24) is 4.31 Å². The third-order valence-corrected chi connectivity index (χ3v) is 8.26. The van der Waals surface area contributed by atoms with Gasteiger partial charge in [0, 0.05) is 13.1 Å². The fourth-order valence-electron chi connectivity index (χ4n) is 4.07.